The minimum atomic E-state index is -4.54. The van der Waals surface area contributed by atoms with Crippen LogP contribution in [0.2, 0.25) is 0 Å². The number of alkyl halides is 3. The summed E-state index contributed by atoms with van der Waals surface area (Å²) in [6.45, 7) is 10.7. The predicted molar refractivity (Wildman–Crippen MR) is 124 cm³/mol. The first kappa shape index (κ1) is 24.4. The van der Waals surface area contributed by atoms with Crippen LogP contribution in [0.25, 0.3) is 0 Å². The summed E-state index contributed by atoms with van der Waals surface area (Å²) in [7, 11) is 0. The van der Waals surface area contributed by atoms with E-state index < -0.39 is 11.6 Å². The summed E-state index contributed by atoms with van der Waals surface area (Å²) in [5.41, 5.74) is -0.665. The Hall–Kier alpha value is -2.77. The van der Waals surface area contributed by atoms with Gasteiger partial charge in [0.2, 0.25) is 0 Å². The lowest BCUT2D eigenvalue weighted by Gasteiger charge is -2.34. The molecule has 2 aromatic carbocycles. The van der Waals surface area contributed by atoms with Crippen molar-refractivity contribution in [3.05, 3.63) is 84.0 Å². The van der Waals surface area contributed by atoms with Gasteiger partial charge in [-0.15, -0.1) is 13.2 Å². The van der Waals surface area contributed by atoms with E-state index >= 15 is 0 Å². The number of ether oxygens (including phenoxy) is 4. The van der Waals surface area contributed by atoms with Gasteiger partial charge in [-0.3, -0.25) is 0 Å². The molecule has 2 aliphatic heterocycles. The Morgan fingerprint density at radius 3 is 1.59 bits per heavy atom. The van der Waals surface area contributed by atoms with Crippen molar-refractivity contribution in [1.29, 1.82) is 0 Å². The fraction of sp³-hybridized carbons (Fsp3) is 0.407. The van der Waals surface area contributed by atoms with Gasteiger partial charge in [0, 0.05) is 0 Å². The van der Waals surface area contributed by atoms with Crippen molar-refractivity contribution in [2.45, 2.75) is 43.6 Å². The predicted octanol–water partition coefficient (Wildman–Crippen LogP) is 5.57. The molecule has 2 heterocycles. The molecule has 0 bridgehead atoms. The summed E-state index contributed by atoms with van der Waals surface area (Å²) >= 11 is 0. The number of hydrogen-bond donors (Lipinski definition) is 0. The van der Waals surface area contributed by atoms with Crippen LogP contribution in [0.4, 0.5) is 13.2 Å². The van der Waals surface area contributed by atoms with Crippen molar-refractivity contribution in [3.63, 3.8) is 0 Å². The maximum atomic E-state index is 14.7. The number of allylic oxidation sites excluding steroid dienone is 2. The van der Waals surface area contributed by atoms with Gasteiger partial charge >= 0.3 is 6.18 Å². The van der Waals surface area contributed by atoms with Crippen LogP contribution in [0.3, 0.4) is 0 Å². The molecule has 7 heteroatoms. The van der Waals surface area contributed by atoms with Crippen LogP contribution in [0.5, 0.6) is 11.5 Å². The zero-order valence-corrected chi connectivity index (χ0v) is 19.2. The molecule has 0 aliphatic carbocycles. The van der Waals surface area contributed by atoms with Crippen LogP contribution < -0.4 is 9.47 Å². The monoisotopic (exact) mass is 474 g/mol. The van der Waals surface area contributed by atoms with Gasteiger partial charge in [0.15, 0.2) is 0 Å². The molecule has 4 rings (SSSR count). The van der Waals surface area contributed by atoms with Crippen molar-refractivity contribution in [1.82, 2.24) is 0 Å². The third-order valence-corrected chi connectivity index (χ3v) is 6.23. The Morgan fingerprint density at radius 2 is 1.26 bits per heavy atom. The van der Waals surface area contributed by atoms with E-state index in [1.54, 1.807) is 36.4 Å². The van der Waals surface area contributed by atoms with Gasteiger partial charge in [0.1, 0.15) is 42.3 Å². The summed E-state index contributed by atoms with van der Waals surface area (Å²) in [5.74, 6) is 1.09. The van der Waals surface area contributed by atoms with Crippen molar-refractivity contribution in [3.8, 4) is 11.5 Å². The highest BCUT2D eigenvalue weighted by atomic mass is 19.4. The number of benzene rings is 2. The molecule has 2 aromatic rings. The van der Waals surface area contributed by atoms with Gasteiger partial charge in [-0.2, -0.15) is 13.2 Å². The molecule has 0 spiro atoms. The van der Waals surface area contributed by atoms with Crippen LogP contribution in [-0.4, -0.2) is 44.8 Å². The standard InChI is InChI=1S/C27H29F3O4/c1-4-6-18-12-20(8-10-24(18)33-16-22-14-31-22)26(3,27(28,29)30)21-9-11-25(19(13-21)7-5-2)34-17-23-15-32-23/h4-5,8-13,22-23H,1-2,6-7,14-17H2,3H3. The first-order valence-electron chi connectivity index (χ1n) is 11.3. The van der Waals surface area contributed by atoms with Crippen LogP contribution in [0.1, 0.15) is 29.2 Å². The Bertz CT molecular complexity index is 965. The normalized spacial score (nSPS) is 20.8. The van der Waals surface area contributed by atoms with E-state index in [0.29, 0.717) is 61.9 Å². The van der Waals surface area contributed by atoms with E-state index in [4.69, 9.17) is 18.9 Å². The zero-order valence-electron chi connectivity index (χ0n) is 19.2. The fourth-order valence-corrected chi connectivity index (χ4v) is 3.88. The minimum Gasteiger partial charge on any atom is -0.490 e. The largest absolute Gasteiger partial charge is 0.490 e. The molecule has 4 nitrogen and oxygen atoms in total. The molecule has 2 aliphatic rings. The van der Waals surface area contributed by atoms with Gasteiger partial charge in [-0.05, 0) is 54.2 Å². The number of epoxide rings is 2. The second kappa shape index (κ2) is 9.84. The van der Waals surface area contributed by atoms with Crippen LogP contribution in [0, 0.1) is 0 Å². The number of halogens is 3. The number of hydrogen-bond acceptors (Lipinski definition) is 4. The fourth-order valence-electron chi connectivity index (χ4n) is 3.88. The van der Waals surface area contributed by atoms with Gasteiger partial charge in [-0.25, -0.2) is 0 Å². The van der Waals surface area contributed by atoms with E-state index in [-0.39, 0.29) is 23.3 Å². The molecule has 182 valence electrons. The average molecular weight is 475 g/mol. The second-order valence-corrected chi connectivity index (χ2v) is 8.79. The number of rotatable bonds is 12. The van der Waals surface area contributed by atoms with Gasteiger partial charge in [-0.1, -0.05) is 36.4 Å². The summed E-state index contributed by atoms with van der Waals surface area (Å²) < 4.78 is 66.0. The lowest BCUT2D eigenvalue weighted by molar-refractivity contribution is -0.173. The molecule has 34 heavy (non-hydrogen) atoms. The van der Waals surface area contributed by atoms with Crippen molar-refractivity contribution < 1.29 is 32.1 Å². The van der Waals surface area contributed by atoms with Crippen LogP contribution in [0.15, 0.2) is 61.7 Å². The molecular formula is C27H29F3O4. The zero-order chi connectivity index (χ0) is 24.3. The highest BCUT2D eigenvalue weighted by Gasteiger charge is 2.53. The Balaban J connectivity index is 1.72. The minimum absolute atomic E-state index is 0.0483. The molecule has 0 saturated carbocycles. The molecule has 0 aromatic heterocycles. The Labute approximate surface area is 198 Å². The lowest BCUT2D eigenvalue weighted by atomic mass is 9.74. The average Bonchev–Trinajstić information content (AvgIpc) is 3.72. The molecule has 2 saturated heterocycles. The summed E-state index contributed by atoms with van der Waals surface area (Å²) in [4.78, 5) is 0. The quantitative estimate of drug-likeness (QED) is 0.298. The molecule has 2 unspecified atom stereocenters. The van der Waals surface area contributed by atoms with Gasteiger partial charge < -0.3 is 18.9 Å². The molecular weight excluding hydrogens is 445 g/mol. The first-order chi connectivity index (χ1) is 16.3. The molecule has 0 radical (unpaired) electrons. The summed E-state index contributed by atoms with van der Waals surface area (Å²) in [6, 6.07) is 9.34. The van der Waals surface area contributed by atoms with Crippen molar-refractivity contribution in [2.24, 2.45) is 0 Å². The topological polar surface area (TPSA) is 43.5 Å². The Kier molecular flexibility index (Phi) is 7.05. The molecule has 0 amide bonds. The van der Waals surface area contributed by atoms with Crippen molar-refractivity contribution >= 4 is 0 Å². The van der Waals surface area contributed by atoms with E-state index in [2.05, 4.69) is 13.2 Å². The summed E-state index contributed by atoms with van der Waals surface area (Å²) in [5, 5.41) is 0. The van der Waals surface area contributed by atoms with Gasteiger partial charge in [0.25, 0.3) is 0 Å². The third-order valence-electron chi connectivity index (χ3n) is 6.23. The third kappa shape index (κ3) is 5.31. The van der Waals surface area contributed by atoms with Crippen molar-refractivity contribution in [2.75, 3.05) is 26.4 Å². The maximum absolute atomic E-state index is 14.7. The summed E-state index contributed by atoms with van der Waals surface area (Å²) in [6.07, 6.45) is -0.358. The highest BCUT2D eigenvalue weighted by molar-refractivity contribution is 5.50. The SMILES string of the molecule is C=CCc1cc(C(C)(c2ccc(OCC3CO3)c(CC=C)c2)C(F)(F)F)ccc1OCC1CO1. The second-order valence-electron chi connectivity index (χ2n) is 8.79. The first-order valence-corrected chi connectivity index (χ1v) is 11.3. The van der Waals surface area contributed by atoms with Crippen LogP contribution >= 0.6 is 0 Å². The maximum Gasteiger partial charge on any atom is 0.402 e. The molecule has 0 N–H and O–H groups in total. The smallest absolute Gasteiger partial charge is 0.402 e. The van der Waals surface area contributed by atoms with E-state index in [0.717, 1.165) is 0 Å². The van der Waals surface area contributed by atoms with E-state index in [1.165, 1.54) is 19.1 Å². The van der Waals surface area contributed by atoms with E-state index in [1.807, 2.05) is 0 Å². The molecule has 2 fully saturated rings. The van der Waals surface area contributed by atoms with Crippen LogP contribution in [-0.2, 0) is 27.7 Å². The molecule has 2 atom stereocenters. The van der Waals surface area contributed by atoms with Gasteiger partial charge in [0.05, 0.1) is 13.2 Å². The lowest BCUT2D eigenvalue weighted by Crippen LogP contribution is -2.40. The highest BCUT2D eigenvalue weighted by Crippen LogP contribution is 2.48. The Morgan fingerprint density at radius 1 is 0.853 bits per heavy atom. The van der Waals surface area contributed by atoms with E-state index in [9.17, 15) is 13.2 Å².